The molecule has 0 bridgehead atoms. The first-order chi connectivity index (χ1) is 18.9. The number of carbonyl (C=O) groups excluding carboxylic acids is 1. The fraction of sp³-hybridized carbons (Fsp3) is 0.207. The first-order valence-electron chi connectivity index (χ1n) is 12.1. The van der Waals surface area contributed by atoms with Gasteiger partial charge in [0.2, 0.25) is 0 Å². The van der Waals surface area contributed by atoms with Crippen LogP contribution >= 0.6 is 23.4 Å². The number of thioether (sulfide) groups is 1. The molecule has 7 nitrogen and oxygen atoms in total. The van der Waals surface area contributed by atoms with Gasteiger partial charge in [-0.05, 0) is 53.9 Å². The zero-order valence-corrected chi connectivity index (χ0v) is 23.4. The van der Waals surface area contributed by atoms with Crippen molar-refractivity contribution in [2.75, 3.05) is 38.0 Å². The van der Waals surface area contributed by atoms with Crippen molar-refractivity contribution in [3.63, 3.8) is 0 Å². The minimum Gasteiger partial charge on any atom is -0.493 e. The van der Waals surface area contributed by atoms with Crippen molar-refractivity contribution in [3.8, 4) is 11.5 Å². The highest BCUT2D eigenvalue weighted by Crippen LogP contribution is 2.28. The molecule has 1 amide bonds. The number of aromatic nitrogens is 2. The average Bonchev–Trinajstić information content (AvgIpc) is 2.95. The Kier molecular flexibility index (Phi) is 9.62. The van der Waals surface area contributed by atoms with Gasteiger partial charge in [-0.3, -0.25) is 4.79 Å². The molecule has 1 aromatic heterocycles. The van der Waals surface area contributed by atoms with E-state index in [1.807, 2.05) is 36.2 Å². The van der Waals surface area contributed by atoms with Gasteiger partial charge in [0.05, 0.1) is 19.9 Å². The summed E-state index contributed by atoms with van der Waals surface area (Å²) in [7, 11) is 5.18. The second-order valence-electron chi connectivity index (χ2n) is 8.62. The summed E-state index contributed by atoms with van der Waals surface area (Å²) in [6.07, 6.45) is 0.767. The third-order valence-corrected chi connectivity index (χ3v) is 7.03. The van der Waals surface area contributed by atoms with Crippen LogP contribution in [0.4, 0.5) is 15.9 Å². The maximum Gasteiger partial charge on any atom is 0.255 e. The molecule has 0 radical (unpaired) electrons. The topological polar surface area (TPSA) is 76.6 Å². The summed E-state index contributed by atoms with van der Waals surface area (Å²) in [5.41, 5.74) is 2.57. The zero-order valence-electron chi connectivity index (χ0n) is 21.8. The fourth-order valence-electron chi connectivity index (χ4n) is 3.80. The van der Waals surface area contributed by atoms with Gasteiger partial charge in [-0.2, -0.15) is 0 Å². The SMILES string of the molecule is COc1ccc(CCN(C)c2cc(Cl)nc(SCc3cccc(C(=O)Nc4ccccc4F)c3)n2)cc1OC. The number of para-hydroxylation sites is 1. The third-order valence-electron chi connectivity index (χ3n) is 5.91. The molecule has 0 aliphatic rings. The molecule has 1 heterocycles. The number of anilines is 2. The first kappa shape index (κ1) is 28.2. The number of nitrogens with one attached hydrogen (secondary N) is 1. The number of benzene rings is 3. The number of hydrogen-bond donors (Lipinski definition) is 1. The molecular weight excluding hydrogens is 539 g/mol. The Morgan fingerprint density at radius 3 is 2.54 bits per heavy atom. The number of halogens is 2. The molecule has 0 aliphatic carbocycles. The molecule has 10 heteroatoms. The van der Waals surface area contributed by atoms with Crippen molar-refractivity contribution in [1.82, 2.24) is 9.97 Å². The van der Waals surface area contributed by atoms with E-state index < -0.39 is 5.82 Å². The molecule has 39 heavy (non-hydrogen) atoms. The van der Waals surface area contributed by atoms with Crippen molar-refractivity contribution in [2.24, 2.45) is 0 Å². The highest BCUT2D eigenvalue weighted by atomic mass is 35.5. The molecule has 3 aromatic carbocycles. The largest absolute Gasteiger partial charge is 0.493 e. The van der Waals surface area contributed by atoms with Gasteiger partial charge in [-0.15, -0.1) is 0 Å². The van der Waals surface area contributed by atoms with Crippen LogP contribution in [0.5, 0.6) is 11.5 Å². The highest BCUT2D eigenvalue weighted by Gasteiger charge is 2.12. The lowest BCUT2D eigenvalue weighted by Gasteiger charge is -2.19. The zero-order chi connectivity index (χ0) is 27.8. The number of carbonyl (C=O) groups is 1. The summed E-state index contributed by atoms with van der Waals surface area (Å²) in [6, 6.07) is 20.8. The van der Waals surface area contributed by atoms with Gasteiger partial charge < -0.3 is 19.7 Å². The molecular formula is C29H28ClFN4O3S. The van der Waals surface area contributed by atoms with E-state index in [0.29, 0.717) is 45.5 Å². The molecule has 0 unspecified atom stereocenters. The highest BCUT2D eigenvalue weighted by molar-refractivity contribution is 7.98. The Morgan fingerprint density at radius 1 is 0.974 bits per heavy atom. The minimum atomic E-state index is -0.486. The van der Waals surface area contributed by atoms with Crippen LogP contribution in [0.2, 0.25) is 5.15 Å². The number of nitrogens with zero attached hydrogens (tertiary/aromatic N) is 3. The molecule has 202 valence electrons. The number of hydrogen-bond acceptors (Lipinski definition) is 7. The Morgan fingerprint density at radius 2 is 1.77 bits per heavy atom. The van der Waals surface area contributed by atoms with Crippen LogP contribution < -0.4 is 19.7 Å². The van der Waals surface area contributed by atoms with Gasteiger partial charge in [0.25, 0.3) is 5.91 Å². The van der Waals surface area contributed by atoms with Crippen molar-refractivity contribution in [2.45, 2.75) is 17.3 Å². The van der Waals surface area contributed by atoms with Crippen LogP contribution in [0.25, 0.3) is 0 Å². The van der Waals surface area contributed by atoms with E-state index in [-0.39, 0.29) is 11.6 Å². The molecule has 0 saturated carbocycles. The minimum absolute atomic E-state index is 0.136. The Bertz CT molecular complexity index is 1460. The molecule has 0 aliphatic heterocycles. The predicted octanol–water partition coefficient (Wildman–Crippen LogP) is 6.51. The van der Waals surface area contributed by atoms with E-state index in [0.717, 1.165) is 17.5 Å². The summed E-state index contributed by atoms with van der Waals surface area (Å²) >= 11 is 7.73. The van der Waals surface area contributed by atoms with Gasteiger partial charge in [-0.1, -0.05) is 53.7 Å². The van der Waals surface area contributed by atoms with Crippen molar-refractivity contribution >= 4 is 40.8 Å². The Balaban J connectivity index is 1.38. The number of methoxy groups -OCH3 is 2. The number of amides is 1. The molecule has 0 atom stereocenters. The number of rotatable bonds is 11. The van der Waals surface area contributed by atoms with Gasteiger partial charge in [0, 0.05) is 31.0 Å². The van der Waals surface area contributed by atoms with Crippen LogP contribution in [-0.4, -0.2) is 43.7 Å². The van der Waals surface area contributed by atoms with Gasteiger partial charge in [-0.25, -0.2) is 14.4 Å². The van der Waals surface area contributed by atoms with Gasteiger partial charge >= 0.3 is 0 Å². The summed E-state index contributed by atoms with van der Waals surface area (Å²) in [5, 5.41) is 3.48. The maximum atomic E-state index is 13.9. The summed E-state index contributed by atoms with van der Waals surface area (Å²) in [5.74, 6) is 1.74. The van der Waals surface area contributed by atoms with E-state index in [9.17, 15) is 9.18 Å². The molecule has 1 N–H and O–H groups in total. The van der Waals surface area contributed by atoms with Crippen molar-refractivity contribution in [3.05, 3.63) is 100 Å². The second kappa shape index (κ2) is 13.3. The quantitative estimate of drug-likeness (QED) is 0.126. The van der Waals surface area contributed by atoms with Crippen LogP contribution in [0.1, 0.15) is 21.5 Å². The molecule has 4 aromatic rings. The van der Waals surface area contributed by atoms with Crippen LogP contribution in [0.3, 0.4) is 0 Å². The second-order valence-corrected chi connectivity index (χ2v) is 9.95. The fourth-order valence-corrected chi connectivity index (χ4v) is 4.82. The Hall–Kier alpha value is -3.82. The van der Waals surface area contributed by atoms with Crippen molar-refractivity contribution in [1.29, 1.82) is 0 Å². The lowest BCUT2D eigenvalue weighted by molar-refractivity contribution is 0.102. The summed E-state index contributed by atoms with van der Waals surface area (Å²) in [4.78, 5) is 23.7. The molecule has 0 saturated heterocycles. The smallest absolute Gasteiger partial charge is 0.255 e. The summed E-state index contributed by atoms with van der Waals surface area (Å²) < 4.78 is 24.6. The molecule has 4 rings (SSSR count). The maximum absolute atomic E-state index is 13.9. The monoisotopic (exact) mass is 566 g/mol. The van der Waals surface area contributed by atoms with E-state index in [4.69, 9.17) is 21.1 Å². The van der Waals surface area contributed by atoms with E-state index in [2.05, 4.69) is 15.3 Å². The van der Waals surface area contributed by atoms with Crippen LogP contribution in [-0.2, 0) is 12.2 Å². The number of likely N-dealkylation sites (N-methyl/N-ethyl adjacent to an activating group) is 1. The summed E-state index contributed by atoms with van der Waals surface area (Å²) in [6.45, 7) is 0.700. The van der Waals surface area contributed by atoms with Gasteiger partial charge in [0.1, 0.15) is 16.8 Å². The average molecular weight is 567 g/mol. The first-order valence-corrected chi connectivity index (χ1v) is 13.5. The normalized spacial score (nSPS) is 10.7. The molecule has 0 fully saturated rings. The van der Waals surface area contributed by atoms with E-state index in [1.54, 1.807) is 50.6 Å². The van der Waals surface area contributed by atoms with Gasteiger partial charge in [0.15, 0.2) is 16.7 Å². The van der Waals surface area contributed by atoms with E-state index in [1.165, 1.54) is 23.9 Å². The number of ether oxygens (including phenoxy) is 2. The van der Waals surface area contributed by atoms with Crippen LogP contribution in [0, 0.1) is 5.82 Å². The lowest BCUT2D eigenvalue weighted by atomic mass is 10.1. The van der Waals surface area contributed by atoms with E-state index >= 15 is 0 Å². The van der Waals surface area contributed by atoms with Crippen LogP contribution in [0.15, 0.2) is 78.0 Å². The van der Waals surface area contributed by atoms with Crippen molar-refractivity contribution < 1.29 is 18.7 Å². The third kappa shape index (κ3) is 7.61. The lowest BCUT2D eigenvalue weighted by Crippen LogP contribution is -2.21. The molecule has 0 spiro atoms. The Labute approximate surface area is 236 Å². The predicted molar refractivity (Wildman–Crippen MR) is 154 cm³/mol. The standard InChI is InChI=1S/C29H28ClFN4O3S/c1-35(14-13-19-11-12-24(37-2)25(16-19)38-3)27-17-26(30)33-29(34-27)39-18-20-7-6-8-21(15-20)28(36)32-23-10-5-4-9-22(23)31/h4-12,15-17H,13-14,18H2,1-3H3,(H,32,36).